The van der Waals surface area contributed by atoms with Crippen molar-refractivity contribution >= 4 is 11.7 Å². The van der Waals surface area contributed by atoms with Crippen LogP contribution in [-0.4, -0.2) is 31.4 Å². The zero-order valence-electron chi connectivity index (χ0n) is 9.41. The molecule has 0 unspecified atom stereocenters. The lowest BCUT2D eigenvalue weighted by molar-refractivity contribution is 0.244. The van der Waals surface area contributed by atoms with Crippen LogP contribution >= 0.6 is 0 Å². The first kappa shape index (κ1) is 12.3. The molecule has 0 saturated heterocycles. The lowest BCUT2D eigenvalue weighted by Gasteiger charge is -2.11. The number of aliphatic hydroxyl groups excluding tert-OH is 1. The highest BCUT2D eigenvalue weighted by molar-refractivity contribution is 5.91. The number of hydrogen-bond acceptors (Lipinski definition) is 3. The third kappa shape index (κ3) is 3.43. The van der Waals surface area contributed by atoms with Gasteiger partial charge in [0.05, 0.1) is 19.4 Å². The third-order valence-corrected chi connectivity index (χ3v) is 2.00. The van der Waals surface area contributed by atoms with Crippen LogP contribution in [-0.2, 0) is 0 Å². The molecule has 16 heavy (non-hydrogen) atoms. The van der Waals surface area contributed by atoms with Crippen molar-refractivity contribution in [2.24, 2.45) is 0 Å². The number of carbonyl (C=O) groups excluding carboxylic acids is 1. The van der Waals surface area contributed by atoms with Crippen molar-refractivity contribution in [3.8, 4) is 5.75 Å². The van der Waals surface area contributed by atoms with Crippen molar-refractivity contribution < 1.29 is 14.6 Å². The van der Waals surface area contributed by atoms with Crippen molar-refractivity contribution in [2.45, 2.75) is 6.92 Å². The van der Waals surface area contributed by atoms with E-state index in [1.165, 1.54) is 0 Å². The van der Waals surface area contributed by atoms with Crippen LogP contribution in [0.1, 0.15) is 5.56 Å². The molecule has 0 fully saturated rings. The third-order valence-electron chi connectivity index (χ3n) is 2.00. The summed E-state index contributed by atoms with van der Waals surface area (Å²) in [6.07, 6.45) is 0. The van der Waals surface area contributed by atoms with Crippen LogP contribution in [0.3, 0.4) is 0 Å². The molecule has 0 aromatic heterocycles. The smallest absolute Gasteiger partial charge is 0.319 e. The number of nitrogens with one attached hydrogen (secondary N) is 2. The average molecular weight is 224 g/mol. The maximum atomic E-state index is 11.4. The normalized spacial score (nSPS) is 9.69. The summed E-state index contributed by atoms with van der Waals surface area (Å²) in [6, 6.07) is 5.14. The second kappa shape index (κ2) is 5.97. The first-order valence-electron chi connectivity index (χ1n) is 4.97. The van der Waals surface area contributed by atoms with Gasteiger partial charge in [-0.2, -0.15) is 0 Å². The zero-order chi connectivity index (χ0) is 12.0. The Morgan fingerprint density at radius 2 is 2.25 bits per heavy atom. The summed E-state index contributed by atoms with van der Waals surface area (Å²) >= 11 is 0. The molecule has 3 N–H and O–H groups in total. The molecule has 0 aliphatic carbocycles. The van der Waals surface area contributed by atoms with Gasteiger partial charge in [-0.25, -0.2) is 4.79 Å². The van der Waals surface area contributed by atoms with Gasteiger partial charge in [0.15, 0.2) is 0 Å². The quantitative estimate of drug-likeness (QED) is 0.717. The van der Waals surface area contributed by atoms with Crippen LogP contribution in [0, 0.1) is 6.92 Å². The molecule has 0 saturated carbocycles. The van der Waals surface area contributed by atoms with E-state index in [0.717, 1.165) is 5.56 Å². The summed E-state index contributed by atoms with van der Waals surface area (Å²) in [5.74, 6) is 0.602. The van der Waals surface area contributed by atoms with Crippen molar-refractivity contribution in [3.63, 3.8) is 0 Å². The number of ether oxygens (including phenoxy) is 1. The summed E-state index contributed by atoms with van der Waals surface area (Å²) in [7, 11) is 1.54. The van der Waals surface area contributed by atoms with E-state index < -0.39 is 0 Å². The Hall–Kier alpha value is -1.75. The Morgan fingerprint density at radius 1 is 1.50 bits per heavy atom. The Morgan fingerprint density at radius 3 is 2.88 bits per heavy atom. The summed E-state index contributed by atoms with van der Waals surface area (Å²) in [5.41, 5.74) is 1.64. The van der Waals surface area contributed by atoms with Gasteiger partial charge >= 0.3 is 6.03 Å². The van der Waals surface area contributed by atoms with Crippen molar-refractivity contribution in [1.29, 1.82) is 0 Å². The van der Waals surface area contributed by atoms with Crippen molar-refractivity contribution in [2.75, 3.05) is 25.6 Å². The number of aryl methyl sites for hydroxylation is 1. The standard InChI is InChI=1S/C11H16N2O3/c1-8-3-4-10(16-2)9(7-8)13-11(15)12-5-6-14/h3-4,7,14H,5-6H2,1-2H3,(H2,12,13,15). The molecule has 1 rings (SSSR count). The lowest BCUT2D eigenvalue weighted by atomic mass is 10.2. The van der Waals surface area contributed by atoms with Crippen LogP contribution < -0.4 is 15.4 Å². The second-order valence-corrected chi connectivity index (χ2v) is 3.31. The lowest BCUT2D eigenvalue weighted by Crippen LogP contribution is -2.31. The van der Waals surface area contributed by atoms with Gasteiger partial charge in [0.1, 0.15) is 5.75 Å². The Balaban J connectivity index is 2.71. The molecule has 2 amide bonds. The van der Waals surface area contributed by atoms with E-state index >= 15 is 0 Å². The highest BCUT2D eigenvalue weighted by atomic mass is 16.5. The molecule has 0 heterocycles. The largest absolute Gasteiger partial charge is 0.495 e. The van der Waals surface area contributed by atoms with Gasteiger partial charge in [0, 0.05) is 6.54 Å². The van der Waals surface area contributed by atoms with Gasteiger partial charge in [0.2, 0.25) is 0 Å². The molecule has 1 aromatic rings. The van der Waals surface area contributed by atoms with Crippen LogP contribution in [0.15, 0.2) is 18.2 Å². The minimum atomic E-state index is -0.363. The van der Waals surface area contributed by atoms with Crippen molar-refractivity contribution in [3.05, 3.63) is 23.8 Å². The van der Waals surface area contributed by atoms with Gasteiger partial charge in [0.25, 0.3) is 0 Å². The van der Waals surface area contributed by atoms with Crippen LogP contribution in [0.2, 0.25) is 0 Å². The van der Waals surface area contributed by atoms with Crippen LogP contribution in [0.4, 0.5) is 10.5 Å². The molecule has 1 aromatic carbocycles. The maximum absolute atomic E-state index is 11.4. The minimum absolute atomic E-state index is 0.0849. The molecule has 0 aliphatic heterocycles. The SMILES string of the molecule is COc1ccc(C)cc1NC(=O)NCCO. The topological polar surface area (TPSA) is 70.6 Å². The molecule has 0 aliphatic rings. The summed E-state index contributed by atoms with van der Waals surface area (Å²) < 4.78 is 5.11. The fourth-order valence-electron chi connectivity index (χ4n) is 1.26. The predicted octanol–water partition coefficient (Wildman–Crippen LogP) is 1.12. The molecule has 88 valence electrons. The van der Waals surface area contributed by atoms with E-state index in [2.05, 4.69) is 10.6 Å². The molecule has 5 nitrogen and oxygen atoms in total. The fraction of sp³-hybridized carbons (Fsp3) is 0.364. The van der Waals surface area contributed by atoms with E-state index in [1.807, 2.05) is 19.1 Å². The number of anilines is 1. The molecule has 0 bridgehead atoms. The number of hydrogen-bond donors (Lipinski definition) is 3. The molecular formula is C11H16N2O3. The van der Waals surface area contributed by atoms with Gasteiger partial charge < -0.3 is 20.5 Å². The van der Waals surface area contributed by atoms with E-state index in [1.54, 1.807) is 13.2 Å². The number of carbonyl (C=O) groups is 1. The van der Waals surface area contributed by atoms with E-state index in [4.69, 9.17) is 9.84 Å². The number of methoxy groups -OCH3 is 1. The molecular weight excluding hydrogens is 208 g/mol. The Bertz CT molecular complexity index is 366. The van der Waals surface area contributed by atoms with E-state index in [0.29, 0.717) is 11.4 Å². The summed E-state index contributed by atoms with van der Waals surface area (Å²) in [4.78, 5) is 11.4. The van der Waals surface area contributed by atoms with Crippen LogP contribution in [0.5, 0.6) is 5.75 Å². The number of urea groups is 1. The average Bonchev–Trinajstić information content (AvgIpc) is 2.27. The molecule has 5 heteroatoms. The first-order valence-corrected chi connectivity index (χ1v) is 4.97. The highest BCUT2D eigenvalue weighted by Crippen LogP contribution is 2.24. The van der Waals surface area contributed by atoms with Gasteiger partial charge in [-0.3, -0.25) is 0 Å². The van der Waals surface area contributed by atoms with Crippen LogP contribution in [0.25, 0.3) is 0 Å². The highest BCUT2D eigenvalue weighted by Gasteiger charge is 2.06. The zero-order valence-corrected chi connectivity index (χ0v) is 9.41. The van der Waals surface area contributed by atoms with Gasteiger partial charge in [-0.15, -0.1) is 0 Å². The van der Waals surface area contributed by atoms with E-state index in [-0.39, 0.29) is 19.2 Å². The van der Waals surface area contributed by atoms with Crippen molar-refractivity contribution in [1.82, 2.24) is 5.32 Å². The van der Waals surface area contributed by atoms with Gasteiger partial charge in [-0.1, -0.05) is 6.07 Å². The number of benzene rings is 1. The first-order chi connectivity index (χ1) is 7.67. The maximum Gasteiger partial charge on any atom is 0.319 e. The monoisotopic (exact) mass is 224 g/mol. The fourth-order valence-corrected chi connectivity index (χ4v) is 1.26. The molecule has 0 atom stereocenters. The Labute approximate surface area is 94.4 Å². The number of rotatable bonds is 4. The minimum Gasteiger partial charge on any atom is -0.495 e. The predicted molar refractivity (Wildman–Crippen MR) is 61.8 cm³/mol. The van der Waals surface area contributed by atoms with E-state index in [9.17, 15) is 4.79 Å². The summed E-state index contributed by atoms with van der Waals surface area (Å²) in [6.45, 7) is 2.06. The summed E-state index contributed by atoms with van der Waals surface area (Å²) in [5, 5.41) is 13.7. The second-order valence-electron chi connectivity index (χ2n) is 3.31. The Kier molecular flexibility index (Phi) is 4.60. The van der Waals surface area contributed by atoms with Gasteiger partial charge in [-0.05, 0) is 24.6 Å². The molecule has 0 spiro atoms. The number of amides is 2. The molecule has 0 radical (unpaired) electrons. The number of aliphatic hydroxyl groups is 1.